The lowest BCUT2D eigenvalue weighted by Crippen LogP contribution is -2.54. The van der Waals surface area contributed by atoms with Crippen LogP contribution in [0.4, 0.5) is 5.69 Å². The number of rotatable bonds is 4. The maximum atomic E-state index is 11.7. The highest BCUT2D eigenvalue weighted by molar-refractivity contribution is 8.00. The SMILES string of the molecule is O=C(O)C1=C(Cc2ccc(O)c(O)c2[N+](=O)[O-])CS[C@H]2CC(=O)N12. The number of fused-ring (bicyclic) bond motifs is 1. The number of hydrogen-bond acceptors (Lipinski definition) is 7. The van der Waals surface area contributed by atoms with Crippen LogP contribution in [-0.4, -0.2) is 48.1 Å². The molecule has 126 valence electrons. The summed E-state index contributed by atoms with van der Waals surface area (Å²) in [6, 6.07) is 2.36. The van der Waals surface area contributed by atoms with Gasteiger partial charge in [-0.3, -0.25) is 19.8 Å². The van der Waals surface area contributed by atoms with E-state index in [0.29, 0.717) is 11.3 Å². The number of phenolic OH excluding ortho intramolecular Hbond substituents is 2. The number of nitrogens with zero attached hydrogens (tertiary/aromatic N) is 2. The van der Waals surface area contributed by atoms with Gasteiger partial charge in [-0.2, -0.15) is 0 Å². The van der Waals surface area contributed by atoms with Gasteiger partial charge in [-0.25, -0.2) is 4.79 Å². The molecule has 0 saturated carbocycles. The van der Waals surface area contributed by atoms with Gasteiger partial charge in [0.2, 0.25) is 11.7 Å². The summed E-state index contributed by atoms with van der Waals surface area (Å²) < 4.78 is 0. The van der Waals surface area contributed by atoms with Crippen LogP contribution in [-0.2, 0) is 16.0 Å². The van der Waals surface area contributed by atoms with E-state index in [1.165, 1.54) is 22.7 Å². The number of carbonyl (C=O) groups excluding carboxylic acids is 1. The minimum Gasteiger partial charge on any atom is -0.504 e. The number of nitro groups is 1. The number of carboxylic acid groups (broad SMARTS) is 1. The molecule has 3 rings (SSSR count). The largest absolute Gasteiger partial charge is 0.504 e. The molecule has 9 nitrogen and oxygen atoms in total. The predicted molar refractivity (Wildman–Crippen MR) is 82.5 cm³/mol. The number of aliphatic carboxylic acids is 1. The first kappa shape index (κ1) is 16.1. The molecule has 10 heteroatoms. The van der Waals surface area contributed by atoms with Gasteiger partial charge in [0.15, 0.2) is 5.75 Å². The molecular weight excluding hydrogens is 340 g/mol. The Bertz CT molecular complexity index is 805. The number of hydrogen-bond donors (Lipinski definition) is 3. The molecule has 1 atom stereocenters. The lowest BCUT2D eigenvalue weighted by molar-refractivity contribution is -0.386. The molecule has 2 aliphatic heterocycles. The van der Waals surface area contributed by atoms with Crippen LogP contribution in [0.1, 0.15) is 12.0 Å². The van der Waals surface area contributed by atoms with Crippen LogP contribution in [0.2, 0.25) is 0 Å². The molecule has 1 aromatic rings. The van der Waals surface area contributed by atoms with Crippen LogP contribution in [0.5, 0.6) is 11.5 Å². The van der Waals surface area contributed by atoms with Crippen LogP contribution in [0.15, 0.2) is 23.4 Å². The molecule has 0 bridgehead atoms. The second-order valence-electron chi connectivity index (χ2n) is 5.37. The summed E-state index contributed by atoms with van der Waals surface area (Å²) in [6.45, 7) is 0. The van der Waals surface area contributed by atoms with Crippen molar-refractivity contribution < 1.29 is 29.8 Å². The van der Waals surface area contributed by atoms with E-state index in [-0.39, 0.29) is 35.4 Å². The van der Waals surface area contributed by atoms with Crippen LogP contribution in [0, 0.1) is 10.1 Å². The number of thioether (sulfide) groups is 1. The van der Waals surface area contributed by atoms with E-state index >= 15 is 0 Å². The highest BCUT2D eigenvalue weighted by Gasteiger charge is 2.45. The summed E-state index contributed by atoms with van der Waals surface area (Å²) >= 11 is 1.39. The highest BCUT2D eigenvalue weighted by Crippen LogP contribution is 2.43. The van der Waals surface area contributed by atoms with Gasteiger partial charge in [-0.15, -0.1) is 11.8 Å². The molecule has 0 aliphatic carbocycles. The van der Waals surface area contributed by atoms with E-state index in [0.717, 1.165) is 6.07 Å². The second-order valence-corrected chi connectivity index (χ2v) is 6.53. The average molecular weight is 352 g/mol. The van der Waals surface area contributed by atoms with Crippen molar-refractivity contribution >= 4 is 29.3 Å². The Kier molecular flexibility index (Phi) is 3.84. The summed E-state index contributed by atoms with van der Waals surface area (Å²) in [7, 11) is 0. The van der Waals surface area contributed by atoms with Crippen LogP contribution in [0.3, 0.4) is 0 Å². The fourth-order valence-electron chi connectivity index (χ4n) is 2.80. The fraction of sp³-hybridized carbons (Fsp3) is 0.286. The third kappa shape index (κ3) is 2.44. The van der Waals surface area contributed by atoms with Gasteiger partial charge < -0.3 is 15.3 Å². The number of benzene rings is 1. The van der Waals surface area contributed by atoms with Gasteiger partial charge in [0.1, 0.15) is 5.70 Å². The highest BCUT2D eigenvalue weighted by atomic mass is 32.2. The molecule has 1 saturated heterocycles. The van der Waals surface area contributed by atoms with E-state index in [4.69, 9.17) is 0 Å². The Morgan fingerprint density at radius 2 is 2.12 bits per heavy atom. The normalized spacial score (nSPS) is 19.8. The molecule has 0 unspecified atom stereocenters. The van der Waals surface area contributed by atoms with E-state index in [1.807, 2.05) is 0 Å². The topological polar surface area (TPSA) is 141 Å². The Morgan fingerprint density at radius 1 is 1.42 bits per heavy atom. The molecule has 0 spiro atoms. The van der Waals surface area contributed by atoms with Gasteiger partial charge in [0.25, 0.3) is 0 Å². The molecule has 2 heterocycles. The van der Waals surface area contributed by atoms with Crippen molar-refractivity contribution in [2.75, 3.05) is 5.75 Å². The lowest BCUT2D eigenvalue weighted by atomic mass is 9.99. The molecule has 1 aromatic carbocycles. The average Bonchev–Trinajstić information content (AvgIpc) is 2.50. The van der Waals surface area contributed by atoms with Crippen molar-refractivity contribution in [1.82, 2.24) is 4.90 Å². The van der Waals surface area contributed by atoms with Crippen molar-refractivity contribution in [2.45, 2.75) is 18.2 Å². The third-order valence-corrected chi connectivity index (χ3v) is 5.21. The minimum atomic E-state index is -1.27. The molecular formula is C14H12N2O7S. The Hall–Kier alpha value is -2.75. The van der Waals surface area contributed by atoms with Crippen molar-refractivity contribution in [1.29, 1.82) is 0 Å². The number of carbonyl (C=O) groups is 2. The molecule has 3 N–H and O–H groups in total. The number of carboxylic acids is 1. The van der Waals surface area contributed by atoms with Crippen LogP contribution in [0.25, 0.3) is 0 Å². The van der Waals surface area contributed by atoms with E-state index in [2.05, 4.69) is 0 Å². The summed E-state index contributed by atoms with van der Waals surface area (Å²) in [6.07, 6.45) is 0.157. The fourth-order valence-corrected chi connectivity index (χ4v) is 4.07. The van der Waals surface area contributed by atoms with Gasteiger partial charge in [-0.05, 0) is 17.7 Å². The number of amides is 1. The summed E-state index contributed by atoms with van der Waals surface area (Å²) in [5, 5.41) is 39.5. The lowest BCUT2D eigenvalue weighted by Gasteiger charge is -2.44. The Balaban J connectivity index is 2.05. The molecule has 0 radical (unpaired) electrons. The zero-order valence-corrected chi connectivity index (χ0v) is 12.9. The van der Waals surface area contributed by atoms with Crippen molar-refractivity contribution in [2.24, 2.45) is 0 Å². The quantitative estimate of drug-likeness (QED) is 0.317. The van der Waals surface area contributed by atoms with E-state index < -0.39 is 28.1 Å². The second kappa shape index (κ2) is 5.71. The molecule has 1 amide bonds. The zero-order chi connectivity index (χ0) is 17.6. The molecule has 0 aromatic heterocycles. The van der Waals surface area contributed by atoms with Gasteiger partial charge in [0.05, 0.1) is 16.7 Å². The molecule has 1 fully saturated rings. The first-order chi connectivity index (χ1) is 11.3. The first-order valence-electron chi connectivity index (χ1n) is 6.88. The third-order valence-electron chi connectivity index (χ3n) is 3.93. The van der Waals surface area contributed by atoms with E-state index in [1.54, 1.807) is 0 Å². The van der Waals surface area contributed by atoms with Crippen LogP contribution < -0.4 is 0 Å². The summed E-state index contributed by atoms with van der Waals surface area (Å²) in [5.41, 5.74) is -0.410. The maximum absolute atomic E-state index is 11.7. The van der Waals surface area contributed by atoms with Gasteiger partial charge in [0, 0.05) is 17.7 Å². The smallest absolute Gasteiger partial charge is 0.352 e. The zero-order valence-electron chi connectivity index (χ0n) is 12.1. The number of β-lactam (4-membered cyclic amide) rings is 1. The molecule has 2 aliphatic rings. The number of aromatic hydroxyl groups is 2. The predicted octanol–water partition coefficient (Wildman–Crippen LogP) is 1.19. The van der Waals surface area contributed by atoms with Crippen molar-refractivity contribution in [3.63, 3.8) is 0 Å². The van der Waals surface area contributed by atoms with Crippen LogP contribution >= 0.6 is 11.8 Å². The van der Waals surface area contributed by atoms with Crippen molar-refractivity contribution in [3.8, 4) is 11.5 Å². The first-order valence-corrected chi connectivity index (χ1v) is 7.93. The standard InChI is InChI=1S/C14H12N2O7S/c17-8-2-1-6(11(13(8)19)16(22)23)3-7-5-24-10-4-9(18)15(10)12(7)14(20)21/h1-2,10,17,19H,3-5H2,(H,20,21)/t10-/m0/s1. The molecule has 24 heavy (non-hydrogen) atoms. The number of nitro benzene ring substituents is 1. The van der Waals surface area contributed by atoms with Crippen molar-refractivity contribution in [3.05, 3.63) is 39.1 Å². The summed E-state index contributed by atoms with van der Waals surface area (Å²) in [4.78, 5) is 34.8. The van der Waals surface area contributed by atoms with Gasteiger partial charge >= 0.3 is 11.7 Å². The Labute approximate surface area is 139 Å². The summed E-state index contributed by atoms with van der Waals surface area (Å²) in [5.74, 6) is -2.75. The Morgan fingerprint density at radius 3 is 2.71 bits per heavy atom. The van der Waals surface area contributed by atoms with E-state index in [9.17, 15) is 35.0 Å². The number of phenols is 2. The maximum Gasteiger partial charge on any atom is 0.352 e. The monoisotopic (exact) mass is 352 g/mol. The van der Waals surface area contributed by atoms with Gasteiger partial charge in [-0.1, -0.05) is 0 Å². The minimum absolute atomic E-state index is 0.0658.